The molecule has 0 saturated heterocycles. The van der Waals surface area contributed by atoms with Crippen LogP contribution < -0.4 is 5.56 Å². The first-order valence-corrected chi connectivity index (χ1v) is 5.48. The van der Waals surface area contributed by atoms with Crippen molar-refractivity contribution in [1.82, 2.24) is 19.3 Å². The third-order valence-corrected chi connectivity index (χ3v) is 2.68. The van der Waals surface area contributed by atoms with Gasteiger partial charge in [0, 0.05) is 13.6 Å². The molecule has 0 aliphatic rings. The molecule has 0 amide bonds. The fourth-order valence-electron chi connectivity index (χ4n) is 1.62. The molecule has 2 rings (SSSR count). The summed E-state index contributed by atoms with van der Waals surface area (Å²) in [5.74, 6) is 0. The van der Waals surface area contributed by atoms with E-state index >= 15 is 0 Å². The standard InChI is InChI=1S/C11H16N4O2/c1-11(2,17)4-5-15-7-12-9-8(10(15)16)6-13-14(9)3/h6-7,17H,4-5H2,1-3H3. The normalized spacial score (nSPS) is 12.2. The summed E-state index contributed by atoms with van der Waals surface area (Å²) in [5, 5.41) is 14.1. The number of fused-ring (bicyclic) bond motifs is 1. The Bertz CT molecular complexity index is 592. The Morgan fingerprint density at radius 2 is 2.18 bits per heavy atom. The average molecular weight is 236 g/mol. The van der Waals surface area contributed by atoms with Crippen molar-refractivity contribution in [1.29, 1.82) is 0 Å². The van der Waals surface area contributed by atoms with E-state index in [1.165, 1.54) is 17.1 Å². The van der Waals surface area contributed by atoms with Gasteiger partial charge in [-0.2, -0.15) is 5.10 Å². The summed E-state index contributed by atoms with van der Waals surface area (Å²) in [6.45, 7) is 3.88. The summed E-state index contributed by atoms with van der Waals surface area (Å²) in [6.07, 6.45) is 3.52. The van der Waals surface area contributed by atoms with Gasteiger partial charge < -0.3 is 5.11 Å². The highest BCUT2D eigenvalue weighted by Crippen LogP contribution is 2.09. The summed E-state index contributed by atoms with van der Waals surface area (Å²) in [7, 11) is 1.75. The van der Waals surface area contributed by atoms with Gasteiger partial charge in [0.2, 0.25) is 0 Å². The van der Waals surface area contributed by atoms with Gasteiger partial charge in [0.15, 0.2) is 5.65 Å². The highest BCUT2D eigenvalue weighted by molar-refractivity contribution is 5.72. The van der Waals surface area contributed by atoms with E-state index in [0.717, 1.165) is 0 Å². The second kappa shape index (κ2) is 3.96. The number of aliphatic hydroxyl groups is 1. The molecule has 2 aromatic rings. The van der Waals surface area contributed by atoms with Gasteiger partial charge in [-0.1, -0.05) is 0 Å². The van der Waals surface area contributed by atoms with E-state index < -0.39 is 5.60 Å². The Balaban J connectivity index is 2.37. The van der Waals surface area contributed by atoms with Gasteiger partial charge >= 0.3 is 0 Å². The van der Waals surface area contributed by atoms with Gasteiger partial charge in [0.25, 0.3) is 5.56 Å². The van der Waals surface area contributed by atoms with E-state index in [1.807, 2.05) is 0 Å². The molecular weight excluding hydrogens is 220 g/mol. The van der Waals surface area contributed by atoms with Crippen molar-refractivity contribution in [2.24, 2.45) is 7.05 Å². The second-order valence-electron chi connectivity index (χ2n) is 4.81. The fourth-order valence-corrected chi connectivity index (χ4v) is 1.62. The third-order valence-electron chi connectivity index (χ3n) is 2.68. The van der Waals surface area contributed by atoms with Gasteiger partial charge in [-0.15, -0.1) is 0 Å². The van der Waals surface area contributed by atoms with Crippen molar-refractivity contribution in [2.75, 3.05) is 0 Å². The summed E-state index contributed by atoms with van der Waals surface area (Å²) in [6, 6.07) is 0. The molecule has 17 heavy (non-hydrogen) atoms. The molecule has 0 saturated carbocycles. The van der Waals surface area contributed by atoms with Crippen molar-refractivity contribution < 1.29 is 5.11 Å². The minimum Gasteiger partial charge on any atom is -0.390 e. The van der Waals surface area contributed by atoms with Crippen molar-refractivity contribution >= 4 is 11.0 Å². The van der Waals surface area contributed by atoms with Crippen LogP contribution in [0.1, 0.15) is 20.3 Å². The fraction of sp³-hybridized carbons (Fsp3) is 0.545. The van der Waals surface area contributed by atoms with Crippen molar-refractivity contribution in [3.8, 4) is 0 Å². The first-order valence-electron chi connectivity index (χ1n) is 5.48. The Morgan fingerprint density at radius 3 is 2.82 bits per heavy atom. The van der Waals surface area contributed by atoms with E-state index in [1.54, 1.807) is 25.6 Å². The van der Waals surface area contributed by atoms with Crippen LogP contribution in [0.3, 0.4) is 0 Å². The Labute approximate surface area is 98.5 Å². The van der Waals surface area contributed by atoms with E-state index in [2.05, 4.69) is 10.1 Å². The monoisotopic (exact) mass is 236 g/mol. The van der Waals surface area contributed by atoms with Crippen LogP contribution in [0.15, 0.2) is 17.3 Å². The highest BCUT2D eigenvalue weighted by atomic mass is 16.3. The lowest BCUT2D eigenvalue weighted by Gasteiger charge is -2.17. The Morgan fingerprint density at radius 1 is 1.47 bits per heavy atom. The lowest BCUT2D eigenvalue weighted by atomic mass is 10.1. The van der Waals surface area contributed by atoms with Crippen LogP contribution in [0.5, 0.6) is 0 Å². The van der Waals surface area contributed by atoms with Crippen LogP contribution in [-0.4, -0.2) is 30.0 Å². The topological polar surface area (TPSA) is 72.9 Å². The van der Waals surface area contributed by atoms with Crippen LogP contribution in [0.25, 0.3) is 11.0 Å². The van der Waals surface area contributed by atoms with Crippen molar-refractivity contribution in [3.63, 3.8) is 0 Å². The van der Waals surface area contributed by atoms with Gasteiger partial charge in [-0.25, -0.2) is 4.98 Å². The minimum atomic E-state index is -0.788. The molecule has 0 bridgehead atoms. The molecule has 2 heterocycles. The maximum atomic E-state index is 12.0. The van der Waals surface area contributed by atoms with E-state index in [4.69, 9.17) is 0 Å². The Kier molecular flexibility index (Phi) is 2.74. The number of hydrogen-bond donors (Lipinski definition) is 1. The van der Waals surface area contributed by atoms with E-state index in [9.17, 15) is 9.90 Å². The number of hydrogen-bond acceptors (Lipinski definition) is 4. The van der Waals surface area contributed by atoms with Crippen LogP contribution in [-0.2, 0) is 13.6 Å². The van der Waals surface area contributed by atoms with E-state index in [0.29, 0.717) is 24.0 Å². The molecule has 0 radical (unpaired) electrons. The van der Waals surface area contributed by atoms with Crippen molar-refractivity contribution in [2.45, 2.75) is 32.4 Å². The molecule has 2 aromatic heterocycles. The van der Waals surface area contributed by atoms with Crippen LogP contribution in [0.2, 0.25) is 0 Å². The van der Waals surface area contributed by atoms with Crippen LogP contribution in [0.4, 0.5) is 0 Å². The first kappa shape index (κ1) is 11.8. The quantitative estimate of drug-likeness (QED) is 0.831. The lowest BCUT2D eigenvalue weighted by molar-refractivity contribution is 0.0659. The van der Waals surface area contributed by atoms with Gasteiger partial charge in [0.05, 0.1) is 18.1 Å². The third kappa shape index (κ3) is 2.36. The zero-order valence-corrected chi connectivity index (χ0v) is 10.2. The zero-order valence-electron chi connectivity index (χ0n) is 10.2. The smallest absolute Gasteiger partial charge is 0.264 e. The molecule has 0 spiro atoms. The van der Waals surface area contributed by atoms with Gasteiger partial charge in [-0.3, -0.25) is 14.0 Å². The molecule has 6 heteroatoms. The number of aromatic nitrogens is 4. The summed E-state index contributed by atoms with van der Waals surface area (Å²) < 4.78 is 3.07. The molecule has 0 fully saturated rings. The van der Waals surface area contributed by atoms with Crippen LogP contribution in [0, 0.1) is 0 Å². The molecular formula is C11H16N4O2. The largest absolute Gasteiger partial charge is 0.390 e. The SMILES string of the molecule is Cn1ncc2c(=O)n(CCC(C)(C)O)cnc21. The minimum absolute atomic E-state index is 0.118. The predicted molar refractivity (Wildman–Crippen MR) is 63.7 cm³/mol. The summed E-state index contributed by atoms with van der Waals surface area (Å²) >= 11 is 0. The lowest BCUT2D eigenvalue weighted by Crippen LogP contribution is -2.26. The molecule has 0 aliphatic heterocycles. The highest BCUT2D eigenvalue weighted by Gasteiger charge is 2.14. The maximum absolute atomic E-state index is 12.0. The molecule has 1 N–H and O–H groups in total. The Hall–Kier alpha value is -1.69. The number of rotatable bonds is 3. The second-order valence-corrected chi connectivity index (χ2v) is 4.81. The summed E-state index contributed by atoms with van der Waals surface area (Å²) in [4.78, 5) is 16.2. The molecule has 0 aliphatic carbocycles. The molecule has 0 aromatic carbocycles. The number of aryl methyl sites for hydroxylation is 2. The molecule has 6 nitrogen and oxygen atoms in total. The first-order chi connectivity index (χ1) is 7.88. The summed E-state index contributed by atoms with van der Waals surface area (Å²) in [5.41, 5.74) is -0.328. The van der Waals surface area contributed by atoms with Gasteiger partial charge in [-0.05, 0) is 20.3 Å². The maximum Gasteiger partial charge on any atom is 0.264 e. The molecule has 0 unspecified atom stereocenters. The van der Waals surface area contributed by atoms with E-state index in [-0.39, 0.29) is 5.56 Å². The molecule has 0 atom stereocenters. The van der Waals surface area contributed by atoms with Crippen LogP contribution >= 0.6 is 0 Å². The van der Waals surface area contributed by atoms with Crippen molar-refractivity contribution in [3.05, 3.63) is 22.9 Å². The van der Waals surface area contributed by atoms with Gasteiger partial charge in [0.1, 0.15) is 5.39 Å². The predicted octanol–water partition coefficient (Wildman–Crippen LogP) is 0.291. The number of nitrogens with zero attached hydrogens (tertiary/aromatic N) is 4. The molecule has 92 valence electrons. The average Bonchev–Trinajstić information content (AvgIpc) is 2.59. The zero-order chi connectivity index (χ0) is 12.6.